The molecule has 1 fully saturated rings. The summed E-state index contributed by atoms with van der Waals surface area (Å²) in [7, 11) is -1.46. The molecule has 144 valence electrons. The summed E-state index contributed by atoms with van der Waals surface area (Å²) in [6.07, 6.45) is 0.398. The van der Waals surface area contributed by atoms with Crippen LogP contribution < -0.4 is 10.5 Å². The Morgan fingerprint density at radius 3 is 2.73 bits per heavy atom. The molecule has 2 aliphatic rings. The van der Waals surface area contributed by atoms with Crippen LogP contribution in [0.25, 0.3) is 0 Å². The van der Waals surface area contributed by atoms with E-state index < -0.39 is 22.7 Å². The second-order valence-electron chi connectivity index (χ2n) is 7.90. The van der Waals surface area contributed by atoms with Gasteiger partial charge in [0, 0.05) is 19.1 Å². The third kappa shape index (κ3) is 4.82. The molecular weight excluding hydrogens is 354 g/mol. The maximum Gasteiger partial charge on any atom is 0.407 e. The van der Waals surface area contributed by atoms with Crippen LogP contribution >= 0.6 is 0 Å². The minimum absolute atomic E-state index is 0.0700. The third-order valence-electron chi connectivity index (χ3n) is 4.58. The number of benzene rings is 1. The van der Waals surface area contributed by atoms with Gasteiger partial charge in [-0.1, -0.05) is 6.07 Å². The van der Waals surface area contributed by atoms with Crippen molar-refractivity contribution in [3.8, 4) is 0 Å². The van der Waals surface area contributed by atoms with E-state index in [0.717, 1.165) is 25.1 Å². The average molecular weight is 381 g/mol. The van der Waals surface area contributed by atoms with Gasteiger partial charge in [0.2, 0.25) is 0 Å². The standard InChI is InChI=1S/C18H27N3O4S/c1-18(2,3)25-17(22)20-14-7-15(11-24-10-14)21-8-12-4-5-16(26(19)23)6-13(12)9-21/h4-6,14-15H,7-11,19H2,1-3H3,(H,20,22). The first-order valence-corrected chi connectivity index (χ1v) is 10.0. The number of carbonyl (C=O) groups is 1. The van der Waals surface area contributed by atoms with Crippen LogP contribution in [0.1, 0.15) is 38.3 Å². The lowest BCUT2D eigenvalue weighted by molar-refractivity contribution is -0.00782. The fourth-order valence-corrected chi connectivity index (χ4v) is 3.88. The lowest BCUT2D eigenvalue weighted by Crippen LogP contribution is -2.50. The first-order valence-electron chi connectivity index (χ1n) is 8.80. The average Bonchev–Trinajstić information content (AvgIpc) is 2.96. The highest BCUT2D eigenvalue weighted by molar-refractivity contribution is 7.82. The Bertz CT molecular complexity index is 704. The van der Waals surface area contributed by atoms with Crippen LogP contribution in [0.15, 0.2) is 23.1 Å². The van der Waals surface area contributed by atoms with Crippen molar-refractivity contribution in [2.75, 3.05) is 13.2 Å². The Balaban J connectivity index is 1.58. The van der Waals surface area contributed by atoms with Crippen LogP contribution in [-0.4, -0.2) is 46.1 Å². The van der Waals surface area contributed by atoms with Crippen molar-refractivity contribution in [1.29, 1.82) is 0 Å². The second-order valence-corrected chi connectivity index (χ2v) is 8.97. The molecule has 3 rings (SSSR count). The summed E-state index contributed by atoms with van der Waals surface area (Å²) >= 11 is 0. The quantitative estimate of drug-likeness (QED) is 0.831. The molecule has 8 heteroatoms. The molecule has 1 aromatic rings. The van der Waals surface area contributed by atoms with Gasteiger partial charge >= 0.3 is 6.09 Å². The van der Waals surface area contributed by atoms with E-state index in [2.05, 4.69) is 10.2 Å². The maximum atomic E-state index is 12.0. The van der Waals surface area contributed by atoms with Crippen LogP contribution in [0.3, 0.4) is 0 Å². The number of hydrogen-bond donors (Lipinski definition) is 2. The van der Waals surface area contributed by atoms with Crippen molar-refractivity contribution in [3.63, 3.8) is 0 Å². The largest absolute Gasteiger partial charge is 0.444 e. The molecule has 26 heavy (non-hydrogen) atoms. The number of nitrogens with zero attached hydrogens (tertiary/aromatic N) is 1. The van der Waals surface area contributed by atoms with Crippen LogP contribution in [0.2, 0.25) is 0 Å². The molecule has 0 aromatic heterocycles. The van der Waals surface area contributed by atoms with E-state index in [-0.39, 0.29) is 12.1 Å². The predicted octanol–water partition coefficient (Wildman–Crippen LogP) is 1.67. The Morgan fingerprint density at radius 1 is 1.31 bits per heavy atom. The van der Waals surface area contributed by atoms with Gasteiger partial charge in [0.25, 0.3) is 0 Å². The molecule has 1 saturated heterocycles. The molecule has 2 aliphatic heterocycles. The third-order valence-corrected chi connectivity index (χ3v) is 5.30. The van der Waals surface area contributed by atoms with Gasteiger partial charge in [0.15, 0.2) is 0 Å². The topological polar surface area (TPSA) is 93.9 Å². The molecule has 0 radical (unpaired) electrons. The summed E-state index contributed by atoms with van der Waals surface area (Å²) in [6, 6.07) is 5.88. The highest BCUT2D eigenvalue weighted by Crippen LogP contribution is 2.28. The molecule has 3 N–H and O–H groups in total. The van der Waals surface area contributed by atoms with Gasteiger partial charge in [-0.25, -0.2) is 14.1 Å². The Labute approximate surface area is 156 Å². The van der Waals surface area contributed by atoms with E-state index in [0.29, 0.717) is 18.1 Å². The van der Waals surface area contributed by atoms with Crippen LogP contribution in [0.5, 0.6) is 0 Å². The molecule has 0 spiro atoms. The van der Waals surface area contributed by atoms with Crippen molar-refractivity contribution in [3.05, 3.63) is 29.3 Å². The van der Waals surface area contributed by atoms with Crippen molar-refractivity contribution in [2.24, 2.45) is 5.14 Å². The van der Waals surface area contributed by atoms with E-state index >= 15 is 0 Å². The van der Waals surface area contributed by atoms with Gasteiger partial charge in [0.05, 0.1) is 24.2 Å². The van der Waals surface area contributed by atoms with E-state index in [9.17, 15) is 9.00 Å². The van der Waals surface area contributed by atoms with E-state index in [1.807, 2.05) is 39.0 Å². The van der Waals surface area contributed by atoms with Crippen LogP contribution in [-0.2, 0) is 33.5 Å². The van der Waals surface area contributed by atoms with Crippen LogP contribution in [0, 0.1) is 0 Å². The van der Waals surface area contributed by atoms with Gasteiger partial charge in [-0.2, -0.15) is 0 Å². The van der Waals surface area contributed by atoms with Crippen molar-refractivity contribution in [1.82, 2.24) is 10.2 Å². The van der Waals surface area contributed by atoms with Crippen LogP contribution in [0.4, 0.5) is 4.79 Å². The molecule has 1 amide bonds. The Hall–Kier alpha value is -1.48. The number of carbonyl (C=O) groups excluding carboxylic acids is 1. The number of fused-ring (bicyclic) bond motifs is 1. The normalized spacial score (nSPS) is 24.8. The minimum atomic E-state index is -1.46. The maximum absolute atomic E-state index is 12.0. The molecule has 2 heterocycles. The zero-order chi connectivity index (χ0) is 18.9. The van der Waals surface area contributed by atoms with Gasteiger partial charge in [-0.3, -0.25) is 4.90 Å². The summed E-state index contributed by atoms with van der Waals surface area (Å²) in [5.74, 6) is 0. The number of hydrogen-bond acceptors (Lipinski definition) is 5. The smallest absolute Gasteiger partial charge is 0.407 e. The lowest BCUT2D eigenvalue weighted by atomic mass is 10.0. The zero-order valence-electron chi connectivity index (χ0n) is 15.5. The summed E-state index contributed by atoms with van der Waals surface area (Å²) in [5.41, 5.74) is 1.86. The Morgan fingerprint density at radius 2 is 2.04 bits per heavy atom. The fourth-order valence-electron chi connectivity index (χ4n) is 3.42. The van der Waals surface area contributed by atoms with E-state index in [4.69, 9.17) is 14.6 Å². The molecule has 1 aromatic carbocycles. The summed E-state index contributed by atoms with van der Waals surface area (Å²) < 4.78 is 22.5. The van der Waals surface area contributed by atoms with Gasteiger partial charge < -0.3 is 14.8 Å². The number of ether oxygens (including phenoxy) is 2. The van der Waals surface area contributed by atoms with Gasteiger partial charge in [-0.05, 0) is 50.5 Å². The summed E-state index contributed by atoms with van der Waals surface area (Å²) in [4.78, 5) is 15.0. The van der Waals surface area contributed by atoms with E-state index in [1.54, 1.807) is 0 Å². The number of alkyl carbamates (subject to hydrolysis) is 1. The van der Waals surface area contributed by atoms with Gasteiger partial charge in [0.1, 0.15) is 16.6 Å². The molecule has 0 saturated carbocycles. The summed E-state index contributed by atoms with van der Waals surface area (Å²) in [6.45, 7) is 8.25. The number of rotatable bonds is 3. The first-order chi connectivity index (χ1) is 12.2. The van der Waals surface area contributed by atoms with Gasteiger partial charge in [-0.15, -0.1) is 0 Å². The molecular formula is C18H27N3O4S. The SMILES string of the molecule is CC(C)(C)OC(=O)NC1COCC(N2Cc3ccc(S(N)=O)cc3C2)C1. The highest BCUT2D eigenvalue weighted by Gasteiger charge is 2.32. The number of nitrogens with one attached hydrogen (secondary N) is 1. The first kappa shape index (κ1) is 19.3. The number of nitrogens with two attached hydrogens (primary N) is 1. The molecule has 0 bridgehead atoms. The lowest BCUT2D eigenvalue weighted by Gasteiger charge is -2.35. The number of amides is 1. The van der Waals surface area contributed by atoms with Crippen molar-refractivity contribution >= 4 is 17.1 Å². The molecule has 3 unspecified atom stereocenters. The molecule has 7 nitrogen and oxygen atoms in total. The summed E-state index contributed by atoms with van der Waals surface area (Å²) in [5, 5.41) is 8.38. The minimum Gasteiger partial charge on any atom is -0.444 e. The zero-order valence-corrected chi connectivity index (χ0v) is 16.3. The van der Waals surface area contributed by atoms with E-state index in [1.165, 1.54) is 5.56 Å². The van der Waals surface area contributed by atoms with Crippen molar-refractivity contribution in [2.45, 2.75) is 62.9 Å². The fraction of sp³-hybridized carbons (Fsp3) is 0.611. The highest BCUT2D eigenvalue weighted by atomic mass is 32.2. The molecule has 0 aliphatic carbocycles. The predicted molar refractivity (Wildman–Crippen MR) is 98.7 cm³/mol. The Kier molecular flexibility index (Phi) is 5.67. The van der Waals surface area contributed by atoms with Crippen molar-refractivity contribution < 1.29 is 18.5 Å². The monoisotopic (exact) mass is 381 g/mol. The molecule has 3 atom stereocenters. The second kappa shape index (κ2) is 7.64.